The van der Waals surface area contributed by atoms with E-state index in [1.54, 1.807) is 0 Å². The van der Waals surface area contributed by atoms with E-state index in [9.17, 15) is 0 Å². The predicted octanol–water partition coefficient (Wildman–Crippen LogP) is -0.344. The Kier molecular flexibility index (Phi) is 15.7. The number of aromatic nitrogens is 2. The molecule has 4 heteroatoms. The van der Waals surface area contributed by atoms with Gasteiger partial charge in [-0.3, -0.25) is 0 Å². The van der Waals surface area contributed by atoms with Gasteiger partial charge in [0.2, 0.25) is 0 Å². The van der Waals surface area contributed by atoms with Crippen molar-refractivity contribution in [3.8, 4) is 0 Å². The van der Waals surface area contributed by atoms with Gasteiger partial charge in [0.15, 0.2) is 23.8 Å². The highest BCUT2D eigenvalue weighted by atomic mass is 79.9. The second-order valence-electron chi connectivity index (χ2n) is 7.93. The van der Waals surface area contributed by atoms with Gasteiger partial charge in [0.05, 0.1) is 0 Å². The summed E-state index contributed by atoms with van der Waals surface area (Å²) in [6.07, 6.45) is 20.7. The molecule has 0 atom stereocenters. The van der Waals surface area contributed by atoms with E-state index < -0.39 is 0 Å². The minimum absolute atomic E-state index is 0. The maximum atomic E-state index is 2.35. The van der Waals surface area contributed by atoms with Gasteiger partial charge in [0.25, 0.3) is 0 Å². The Bertz CT molecular complexity index is 730. The topological polar surface area (TPSA) is 7.76 Å². The molecule has 0 aromatic carbocycles. The van der Waals surface area contributed by atoms with Crippen LogP contribution in [0.2, 0.25) is 0 Å². The average molecular weight is 538 g/mol. The smallest absolute Gasteiger partial charge is 0.178 e. The highest BCUT2D eigenvalue weighted by molar-refractivity contribution is 5.09. The van der Waals surface area contributed by atoms with Gasteiger partial charge in [-0.15, -0.1) is 0 Å². The molecule has 0 aliphatic rings. The molecule has 30 heavy (non-hydrogen) atoms. The van der Waals surface area contributed by atoms with Gasteiger partial charge in [-0.2, -0.15) is 0 Å². The molecule has 0 saturated carbocycles. The molecule has 166 valence electrons. The lowest BCUT2D eigenvalue weighted by molar-refractivity contribution is -0.703. The van der Waals surface area contributed by atoms with Gasteiger partial charge in [-0.05, 0) is 50.7 Å². The van der Waals surface area contributed by atoms with Crippen molar-refractivity contribution in [3.63, 3.8) is 0 Å². The maximum Gasteiger partial charge on any atom is 0.178 e. The largest absolute Gasteiger partial charge is 1.00 e. The van der Waals surface area contributed by atoms with Crippen molar-refractivity contribution >= 4 is 0 Å². The molecular formula is C26H38Br2N2. The zero-order valence-electron chi connectivity index (χ0n) is 19.1. The molecule has 0 aliphatic heterocycles. The van der Waals surface area contributed by atoms with Gasteiger partial charge >= 0.3 is 0 Å². The number of hydrogen-bond donors (Lipinski definition) is 0. The van der Waals surface area contributed by atoms with Crippen LogP contribution in [0.5, 0.6) is 0 Å². The number of halogens is 2. The molecule has 0 fully saturated rings. The van der Waals surface area contributed by atoms with E-state index in [1.165, 1.54) is 61.0 Å². The van der Waals surface area contributed by atoms with Crippen molar-refractivity contribution in [2.24, 2.45) is 0 Å². The molecule has 0 bridgehead atoms. The fraction of sp³-hybridized carbons (Fsp3) is 0.462. The van der Waals surface area contributed by atoms with Crippen LogP contribution in [0.4, 0.5) is 0 Å². The number of aryl methyl sites for hydroxylation is 6. The van der Waals surface area contributed by atoms with Gasteiger partial charge in [0, 0.05) is 51.0 Å². The first-order chi connectivity index (χ1) is 13.6. The van der Waals surface area contributed by atoms with Gasteiger partial charge in [-0.25, -0.2) is 9.13 Å². The molecule has 0 N–H and O–H groups in total. The van der Waals surface area contributed by atoms with Crippen LogP contribution in [0.25, 0.3) is 0 Å². The summed E-state index contributed by atoms with van der Waals surface area (Å²) in [5, 5.41) is 0. The van der Waals surface area contributed by atoms with Crippen LogP contribution in [0.15, 0.2) is 61.0 Å². The molecular weight excluding hydrogens is 500 g/mol. The van der Waals surface area contributed by atoms with Crippen molar-refractivity contribution in [2.45, 2.75) is 79.3 Å². The summed E-state index contributed by atoms with van der Waals surface area (Å²) < 4.78 is 4.71. The lowest BCUT2D eigenvalue weighted by atomic mass is 10.2. The van der Waals surface area contributed by atoms with Crippen molar-refractivity contribution in [1.82, 2.24) is 0 Å². The Hall–Kier alpha value is -1.26. The molecule has 2 aromatic rings. The van der Waals surface area contributed by atoms with E-state index in [2.05, 4.69) is 97.8 Å². The first-order valence-electron chi connectivity index (χ1n) is 10.8. The number of hydrogen-bond acceptors (Lipinski definition) is 0. The molecule has 2 aromatic heterocycles. The highest BCUT2D eigenvalue weighted by Gasteiger charge is 2.05. The lowest BCUT2D eigenvalue weighted by Crippen LogP contribution is -3.00. The standard InChI is InChI=1S/C26H38N2.2BrH/c1-23-15-19-27(25(3)21-23)17-13-11-9-7-5-6-8-10-12-14-18-28-20-16-24(2)22-26(28)4;;/h5-8,15-16,19-22H,9-14,17-18H2,1-4H3;2*1H/q+2;;/p-2/b7-5-,8-6-;;. The monoisotopic (exact) mass is 536 g/mol. The van der Waals surface area contributed by atoms with Gasteiger partial charge in [0.1, 0.15) is 13.1 Å². The number of unbranched alkanes of at least 4 members (excludes halogenated alkanes) is 4. The van der Waals surface area contributed by atoms with E-state index >= 15 is 0 Å². The van der Waals surface area contributed by atoms with Gasteiger partial charge < -0.3 is 34.0 Å². The van der Waals surface area contributed by atoms with Crippen LogP contribution in [0.3, 0.4) is 0 Å². The molecule has 2 heterocycles. The van der Waals surface area contributed by atoms with E-state index in [4.69, 9.17) is 0 Å². The summed E-state index contributed by atoms with van der Waals surface area (Å²) in [6.45, 7) is 10.9. The van der Waals surface area contributed by atoms with Crippen LogP contribution >= 0.6 is 0 Å². The summed E-state index contributed by atoms with van der Waals surface area (Å²) in [5.74, 6) is 0. The average Bonchev–Trinajstić information content (AvgIpc) is 2.65. The molecule has 0 amide bonds. The van der Waals surface area contributed by atoms with Crippen LogP contribution in [-0.2, 0) is 13.1 Å². The molecule has 0 aliphatic carbocycles. The number of allylic oxidation sites excluding steroid dienone is 4. The summed E-state index contributed by atoms with van der Waals surface area (Å²) in [4.78, 5) is 0. The summed E-state index contributed by atoms with van der Waals surface area (Å²) in [5.41, 5.74) is 5.39. The fourth-order valence-corrected chi connectivity index (χ4v) is 3.51. The van der Waals surface area contributed by atoms with Crippen molar-refractivity contribution in [3.05, 3.63) is 83.5 Å². The van der Waals surface area contributed by atoms with Crippen LogP contribution < -0.4 is 43.1 Å². The SMILES string of the molecule is Cc1cc[n+](CCCC/C=C\C=C/CCCC[n+]2ccc(C)cc2C)c(C)c1.[Br-].[Br-]. The molecule has 0 unspecified atom stereocenters. The molecule has 2 nitrogen and oxygen atoms in total. The zero-order valence-corrected chi connectivity index (χ0v) is 22.3. The Morgan fingerprint density at radius 2 is 1.03 bits per heavy atom. The Balaban J connectivity index is 0.00000420. The van der Waals surface area contributed by atoms with E-state index in [0.29, 0.717) is 0 Å². The zero-order chi connectivity index (χ0) is 20.2. The van der Waals surface area contributed by atoms with Crippen molar-refractivity contribution < 1.29 is 43.1 Å². The van der Waals surface area contributed by atoms with Crippen molar-refractivity contribution in [1.29, 1.82) is 0 Å². The van der Waals surface area contributed by atoms with Crippen LogP contribution in [0.1, 0.15) is 61.0 Å². The predicted molar refractivity (Wildman–Crippen MR) is 118 cm³/mol. The minimum Gasteiger partial charge on any atom is -1.00 e. The third-order valence-electron chi connectivity index (χ3n) is 5.24. The second-order valence-corrected chi connectivity index (χ2v) is 7.93. The second kappa shape index (κ2) is 16.4. The molecule has 0 saturated heterocycles. The maximum absolute atomic E-state index is 2.35. The molecule has 0 spiro atoms. The first-order valence-corrected chi connectivity index (χ1v) is 10.8. The summed E-state index contributed by atoms with van der Waals surface area (Å²) >= 11 is 0. The van der Waals surface area contributed by atoms with Crippen LogP contribution in [-0.4, -0.2) is 0 Å². The third-order valence-corrected chi connectivity index (χ3v) is 5.24. The van der Waals surface area contributed by atoms with Crippen LogP contribution in [0, 0.1) is 27.7 Å². The number of rotatable bonds is 11. The van der Waals surface area contributed by atoms with Gasteiger partial charge in [-0.1, -0.05) is 24.3 Å². The fourth-order valence-electron chi connectivity index (χ4n) is 3.51. The first kappa shape index (κ1) is 28.7. The third kappa shape index (κ3) is 11.2. The van der Waals surface area contributed by atoms with E-state index in [1.807, 2.05) is 0 Å². The highest BCUT2D eigenvalue weighted by Crippen LogP contribution is 2.02. The molecule has 0 radical (unpaired) electrons. The quantitative estimate of drug-likeness (QED) is 0.210. The lowest BCUT2D eigenvalue weighted by Gasteiger charge is -2.01. The Morgan fingerprint density at radius 1 is 0.633 bits per heavy atom. The normalized spacial score (nSPS) is 10.9. The van der Waals surface area contributed by atoms with E-state index in [0.717, 1.165) is 13.1 Å². The Morgan fingerprint density at radius 3 is 1.40 bits per heavy atom. The van der Waals surface area contributed by atoms with E-state index in [-0.39, 0.29) is 34.0 Å². The number of nitrogens with zero attached hydrogens (tertiary/aromatic N) is 2. The van der Waals surface area contributed by atoms with Crippen molar-refractivity contribution in [2.75, 3.05) is 0 Å². The molecule has 2 rings (SSSR count). The summed E-state index contributed by atoms with van der Waals surface area (Å²) in [7, 11) is 0. The number of pyridine rings is 2. The Labute approximate surface area is 205 Å². The minimum atomic E-state index is 0. The summed E-state index contributed by atoms with van der Waals surface area (Å²) in [6, 6.07) is 8.90.